The molecule has 0 fully saturated rings. The van der Waals surface area contributed by atoms with Gasteiger partial charge in [0.25, 0.3) is 0 Å². The van der Waals surface area contributed by atoms with Crippen LogP contribution in [-0.2, 0) is 20.1 Å². The van der Waals surface area contributed by atoms with Crippen LogP contribution in [0.3, 0.4) is 0 Å². The van der Waals surface area contributed by atoms with Crippen molar-refractivity contribution in [3.05, 3.63) is 47.5 Å². The molecular weight excluding hydrogens is 245 g/mol. The first-order chi connectivity index (χ1) is 9.02. The zero-order chi connectivity index (χ0) is 13.8. The quantitative estimate of drug-likeness (QED) is 0.898. The number of hydrogen-bond donors (Lipinski definition) is 1. The van der Waals surface area contributed by atoms with Crippen molar-refractivity contribution >= 4 is 0 Å². The molecule has 5 heteroatoms. The lowest BCUT2D eigenvalue weighted by Gasteiger charge is -2.09. The van der Waals surface area contributed by atoms with Gasteiger partial charge in [-0.05, 0) is 37.1 Å². The molecule has 0 aliphatic rings. The summed E-state index contributed by atoms with van der Waals surface area (Å²) in [6.45, 7) is 2.21. The van der Waals surface area contributed by atoms with Gasteiger partial charge in [0, 0.05) is 25.4 Å². The van der Waals surface area contributed by atoms with E-state index >= 15 is 0 Å². The molecule has 0 saturated heterocycles. The van der Waals surface area contributed by atoms with Gasteiger partial charge < -0.3 is 10.5 Å². The second-order valence-electron chi connectivity index (χ2n) is 4.75. The predicted molar refractivity (Wildman–Crippen MR) is 71.3 cm³/mol. The van der Waals surface area contributed by atoms with Crippen molar-refractivity contribution in [3.63, 3.8) is 0 Å². The minimum atomic E-state index is -0.311. The molecule has 0 bridgehead atoms. The first-order valence-electron chi connectivity index (χ1n) is 6.19. The molecule has 1 atom stereocenters. The first-order valence-corrected chi connectivity index (χ1v) is 6.19. The molecule has 19 heavy (non-hydrogen) atoms. The van der Waals surface area contributed by atoms with Crippen LogP contribution >= 0.6 is 0 Å². The topological polar surface area (TPSA) is 53.1 Å². The molecule has 102 valence electrons. The van der Waals surface area contributed by atoms with Crippen molar-refractivity contribution in [2.75, 3.05) is 0 Å². The molecule has 2 N–H and O–H groups in total. The highest BCUT2D eigenvalue weighted by Crippen LogP contribution is 2.18. The normalized spacial score (nSPS) is 12.4. The number of ether oxygens (including phenoxy) is 1. The summed E-state index contributed by atoms with van der Waals surface area (Å²) < 4.78 is 20.7. The summed E-state index contributed by atoms with van der Waals surface area (Å²) in [5.41, 5.74) is 7.36. The molecule has 0 aliphatic heterocycles. The van der Waals surface area contributed by atoms with Crippen LogP contribution in [0.5, 0.6) is 5.75 Å². The molecule has 2 rings (SSSR count). The zero-order valence-corrected chi connectivity index (χ0v) is 11.1. The van der Waals surface area contributed by atoms with Gasteiger partial charge in [-0.15, -0.1) is 0 Å². The van der Waals surface area contributed by atoms with Crippen molar-refractivity contribution in [1.82, 2.24) is 9.78 Å². The van der Waals surface area contributed by atoms with Crippen LogP contribution in [0.1, 0.15) is 18.2 Å². The summed E-state index contributed by atoms with van der Waals surface area (Å²) in [6.07, 6.45) is 2.46. The number of aromatic nitrogens is 2. The lowest BCUT2D eigenvalue weighted by Crippen LogP contribution is -2.17. The SMILES string of the molecule is CC(N)Cc1cc(F)cc(OCc2ccn(C)n2)c1. The fraction of sp³-hybridized carbons (Fsp3) is 0.357. The fourth-order valence-corrected chi connectivity index (χ4v) is 1.89. The standard InChI is InChI=1S/C14H18FN3O/c1-10(16)5-11-6-12(15)8-14(7-11)19-9-13-3-4-18(2)17-13/h3-4,6-8,10H,5,9,16H2,1-2H3. The van der Waals surface area contributed by atoms with Gasteiger partial charge in [-0.2, -0.15) is 5.10 Å². The maximum absolute atomic E-state index is 13.5. The Labute approximate surface area is 112 Å². The number of aryl methyl sites for hydroxylation is 1. The smallest absolute Gasteiger partial charge is 0.132 e. The van der Waals surface area contributed by atoms with E-state index in [1.54, 1.807) is 4.68 Å². The van der Waals surface area contributed by atoms with Crippen molar-refractivity contribution < 1.29 is 9.13 Å². The third kappa shape index (κ3) is 4.06. The van der Waals surface area contributed by atoms with Crippen LogP contribution in [0, 0.1) is 5.82 Å². The van der Waals surface area contributed by atoms with Gasteiger partial charge in [0.05, 0.1) is 5.69 Å². The summed E-state index contributed by atoms with van der Waals surface area (Å²) in [5.74, 6) is 0.190. The summed E-state index contributed by atoms with van der Waals surface area (Å²) in [5, 5.41) is 4.20. The van der Waals surface area contributed by atoms with Gasteiger partial charge in [0.1, 0.15) is 18.2 Å². The lowest BCUT2D eigenvalue weighted by atomic mass is 10.1. The average Bonchev–Trinajstić information content (AvgIpc) is 2.71. The molecule has 1 unspecified atom stereocenters. The van der Waals surface area contributed by atoms with Gasteiger partial charge in [0.15, 0.2) is 0 Å². The van der Waals surface area contributed by atoms with Gasteiger partial charge in [0.2, 0.25) is 0 Å². The molecule has 0 spiro atoms. The van der Waals surface area contributed by atoms with Crippen LogP contribution in [0.15, 0.2) is 30.5 Å². The van der Waals surface area contributed by atoms with E-state index in [2.05, 4.69) is 5.10 Å². The highest BCUT2D eigenvalue weighted by atomic mass is 19.1. The number of nitrogens with zero attached hydrogens (tertiary/aromatic N) is 2. The van der Waals surface area contributed by atoms with E-state index < -0.39 is 0 Å². The first kappa shape index (κ1) is 13.5. The Kier molecular flexibility index (Phi) is 4.16. The third-order valence-electron chi connectivity index (χ3n) is 2.64. The second-order valence-corrected chi connectivity index (χ2v) is 4.75. The Morgan fingerprint density at radius 3 is 2.84 bits per heavy atom. The summed E-state index contributed by atoms with van der Waals surface area (Å²) >= 11 is 0. The van der Waals surface area contributed by atoms with E-state index in [1.165, 1.54) is 12.1 Å². The predicted octanol–water partition coefficient (Wildman–Crippen LogP) is 2.03. The highest BCUT2D eigenvalue weighted by Gasteiger charge is 2.05. The van der Waals surface area contributed by atoms with Crippen LogP contribution in [-0.4, -0.2) is 15.8 Å². The van der Waals surface area contributed by atoms with E-state index in [-0.39, 0.29) is 11.9 Å². The largest absolute Gasteiger partial charge is 0.487 e. The Morgan fingerprint density at radius 2 is 2.21 bits per heavy atom. The molecular formula is C14H18FN3O. The summed E-state index contributed by atoms with van der Waals surface area (Å²) in [6, 6.07) is 6.52. The summed E-state index contributed by atoms with van der Waals surface area (Å²) in [7, 11) is 1.84. The van der Waals surface area contributed by atoms with Crippen LogP contribution < -0.4 is 10.5 Å². The summed E-state index contributed by atoms with van der Waals surface area (Å²) in [4.78, 5) is 0. The molecule has 1 heterocycles. The van der Waals surface area contributed by atoms with Crippen molar-refractivity contribution in [3.8, 4) is 5.75 Å². The molecule has 1 aromatic heterocycles. The number of benzene rings is 1. The average molecular weight is 263 g/mol. The molecule has 0 aliphatic carbocycles. The molecule has 4 nitrogen and oxygen atoms in total. The van der Waals surface area contributed by atoms with Gasteiger partial charge in [-0.25, -0.2) is 4.39 Å². The Morgan fingerprint density at radius 1 is 1.42 bits per heavy atom. The Bertz CT molecular complexity index is 551. The number of halogens is 1. The maximum Gasteiger partial charge on any atom is 0.132 e. The van der Waals surface area contributed by atoms with Crippen molar-refractivity contribution in [2.45, 2.75) is 26.0 Å². The van der Waals surface area contributed by atoms with Gasteiger partial charge in [-0.3, -0.25) is 4.68 Å². The fourth-order valence-electron chi connectivity index (χ4n) is 1.89. The van der Waals surface area contributed by atoms with Crippen LogP contribution in [0.4, 0.5) is 4.39 Å². The lowest BCUT2D eigenvalue weighted by molar-refractivity contribution is 0.298. The molecule has 2 aromatic rings. The maximum atomic E-state index is 13.5. The van der Waals surface area contributed by atoms with E-state index in [0.29, 0.717) is 18.8 Å². The van der Waals surface area contributed by atoms with Crippen LogP contribution in [0.25, 0.3) is 0 Å². The number of hydrogen-bond acceptors (Lipinski definition) is 3. The molecule has 0 radical (unpaired) electrons. The Balaban J connectivity index is 2.05. The van der Waals surface area contributed by atoms with Crippen molar-refractivity contribution in [2.24, 2.45) is 12.8 Å². The number of nitrogens with two attached hydrogens (primary N) is 1. The zero-order valence-electron chi connectivity index (χ0n) is 11.1. The van der Waals surface area contributed by atoms with Gasteiger partial charge in [-0.1, -0.05) is 0 Å². The highest BCUT2D eigenvalue weighted by molar-refractivity contribution is 5.30. The van der Waals surface area contributed by atoms with E-state index in [1.807, 2.05) is 32.3 Å². The van der Waals surface area contributed by atoms with E-state index in [4.69, 9.17) is 10.5 Å². The molecule has 0 saturated carbocycles. The van der Waals surface area contributed by atoms with E-state index in [9.17, 15) is 4.39 Å². The Hall–Kier alpha value is -1.88. The minimum Gasteiger partial charge on any atom is -0.487 e. The third-order valence-corrected chi connectivity index (χ3v) is 2.64. The van der Waals surface area contributed by atoms with E-state index in [0.717, 1.165) is 11.3 Å². The van der Waals surface area contributed by atoms with Gasteiger partial charge >= 0.3 is 0 Å². The molecule has 0 amide bonds. The van der Waals surface area contributed by atoms with Crippen molar-refractivity contribution in [1.29, 1.82) is 0 Å². The monoisotopic (exact) mass is 263 g/mol. The number of rotatable bonds is 5. The second kappa shape index (κ2) is 5.84. The van der Waals surface area contributed by atoms with Crippen LogP contribution in [0.2, 0.25) is 0 Å². The molecule has 1 aromatic carbocycles. The minimum absolute atomic E-state index is 0.00885.